The standard InChI is InChI=1S/C33H28FN5O2/c1-2-40-30-19-26(33-35-31(24-11-5-3-6-12-24)32(36-33)25-13-7-4-8-14-25)16-17-29(30)41-22-28-21-39(38-37-28)20-23-10-9-15-27(34)18-23/h3-19,21H,2,20,22H2,1H3,(H,35,36). The molecule has 6 aromatic rings. The van der Waals surface area contributed by atoms with E-state index in [9.17, 15) is 4.39 Å². The molecule has 204 valence electrons. The third kappa shape index (κ3) is 6.01. The smallest absolute Gasteiger partial charge is 0.161 e. The van der Waals surface area contributed by atoms with Gasteiger partial charge in [-0.05, 0) is 42.8 Å². The van der Waals surface area contributed by atoms with Gasteiger partial charge in [0, 0.05) is 16.7 Å². The lowest BCUT2D eigenvalue weighted by molar-refractivity contribution is 0.266. The molecule has 0 saturated heterocycles. The molecule has 1 N–H and O–H groups in total. The second-order valence-corrected chi connectivity index (χ2v) is 9.46. The number of nitrogens with zero attached hydrogens (tertiary/aromatic N) is 4. The molecule has 0 radical (unpaired) electrons. The Kier molecular flexibility index (Phi) is 7.53. The van der Waals surface area contributed by atoms with Gasteiger partial charge in [-0.2, -0.15) is 0 Å². The molecule has 0 amide bonds. The van der Waals surface area contributed by atoms with Gasteiger partial charge in [-0.3, -0.25) is 0 Å². The van der Waals surface area contributed by atoms with Crippen LogP contribution >= 0.6 is 0 Å². The number of hydrogen-bond donors (Lipinski definition) is 1. The van der Waals surface area contributed by atoms with Crippen molar-refractivity contribution in [2.24, 2.45) is 0 Å². The lowest BCUT2D eigenvalue weighted by Gasteiger charge is -2.12. The van der Waals surface area contributed by atoms with Gasteiger partial charge in [-0.1, -0.05) is 78.0 Å². The number of benzene rings is 4. The summed E-state index contributed by atoms with van der Waals surface area (Å²) in [6.45, 7) is 3.04. The first-order valence-corrected chi connectivity index (χ1v) is 13.4. The zero-order chi connectivity index (χ0) is 28.0. The molecule has 8 heteroatoms. The average molecular weight is 546 g/mol. The number of hydrogen-bond acceptors (Lipinski definition) is 5. The maximum atomic E-state index is 13.5. The summed E-state index contributed by atoms with van der Waals surface area (Å²) >= 11 is 0. The van der Waals surface area contributed by atoms with E-state index < -0.39 is 0 Å². The van der Waals surface area contributed by atoms with Gasteiger partial charge < -0.3 is 14.5 Å². The highest BCUT2D eigenvalue weighted by atomic mass is 19.1. The van der Waals surface area contributed by atoms with Gasteiger partial charge in [0.1, 0.15) is 23.9 Å². The lowest BCUT2D eigenvalue weighted by atomic mass is 10.1. The van der Waals surface area contributed by atoms with E-state index in [1.807, 2.05) is 67.6 Å². The van der Waals surface area contributed by atoms with Crippen LogP contribution in [-0.2, 0) is 13.2 Å². The zero-order valence-electron chi connectivity index (χ0n) is 22.5. The molecule has 2 aromatic heterocycles. The minimum Gasteiger partial charge on any atom is -0.490 e. The molecule has 0 aliphatic rings. The first kappa shape index (κ1) is 26.0. The van der Waals surface area contributed by atoms with Gasteiger partial charge in [-0.25, -0.2) is 14.1 Å². The SMILES string of the molecule is CCOc1cc(-c2nc(-c3ccccc3)c(-c3ccccc3)[nH]2)ccc1OCc1cn(Cc2cccc(F)c2)nn1. The molecule has 0 aliphatic heterocycles. The van der Waals surface area contributed by atoms with Gasteiger partial charge in [0.25, 0.3) is 0 Å². The average Bonchev–Trinajstić information content (AvgIpc) is 3.65. The van der Waals surface area contributed by atoms with Crippen LogP contribution in [0.25, 0.3) is 33.9 Å². The predicted molar refractivity (Wildman–Crippen MR) is 156 cm³/mol. The van der Waals surface area contributed by atoms with E-state index in [4.69, 9.17) is 14.5 Å². The monoisotopic (exact) mass is 545 g/mol. The van der Waals surface area contributed by atoms with Crippen molar-refractivity contribution in [3.05, 3.63) is 126 Å². The minimum atomic E-state index is -0.278. The number of rotatable bonds is 10. The minimum absolute atomic E-state index is 0.208. The first-order valence-electron chi connectivity index (χ1n) is 13.4. The third-order valence-corrected chi connectivity index (χ3v) is 6.53. The molecule has 0 spiro atoms. The van der Waals surface area contributed by atoms with Crippen molar-refractivity contribution in [3.63, 3.8) is 0 Å². The second kappa shape index (κ2) is 11.9. The molecule has 41 heavy (non-hydrogen) atoms. The molecule has 0 fully saturated rings. The molecule has 6 rings (SSSR count). The third-order valence-electron chi connectivity index (χ3n) is 6.53. The van der Waals surface area contributed by atoms with Gasteiger partial charge in [0.15, 0.2) is 11.5 Å². The summed E-state index contributed by atoms with van der Waals surface area (Å²) in [5.41, 5.74) is 6.25. The Bertz CT molecular complexity index is 1690. The van der Waals surface area contributed by atoms with Crippen molar-refractivity contribution in [2.75, 3.05) is 6.61 Å². The fourth-order valence-corrected chi connectivity index (χ4v) is 4.63. The second-order valence-electron chi connectivity index (χ2n) is 9.46. The number of imidazole rings is 1. The Labute approximate surface area is 237 Å². The lowest BCUT2D eigenvalue weighted by Crippen LogP contribution is -2.01. The highest BCUT2D eigenvalue weighted by Gasteiger charge is 2.17. The molecule has 0 bridgehead atoms. The Hall–Kier alpha value is -5.24. The maximum Gasteiger partial charge on any atom is 0.161 e. The first-order chi connectivity index (χ1) is 20.2. The maximum absolute atomic E-state index is 13.5. The molecule has 4 aromatic carbocycles. The van der Waals surface area contributed by atoms with Crippen molar-refractivity contribution in [3.8, 4) is 45.4 Å². The van der Waals surface area contributed by atoms with Crippen molar-refractivity contribution in [1.82, 2.24) is 25.0 Å². The van der Waals surface area contributed by atoms with E-state index in [0.717, 1.165) is 39.5 Å². The number of halogens is 1. The van der Waals surface area contributed by atoms with Crippen LogP contribution < -0.4 is 9.47 Å². The quantitative estimate of drug-likeness (QED) is 0.198. The van der Waals surface area contributed by atoms with Gasteiger partial charge in [0.05, 0.1) is 30.7 Å². The van der Waals surface area contributed by atoms with Gasteiger partial charge in [-0.15, -0.1) is 5.10 Å². The summed E-state index contributed by atoms with van der Waals surface area (Å²) < 4.78 is 27.2. The van der Waals surface area contributed by atoms with Crippen molar-refractivity contribution in [2.45, 2.75) is 20.1 Å². The van der Waals surface area contributed by atoms with Crippen LogP contribution in [0.15, 0.2) is 109 Å². The van der Waals surface area contributed by atoms with Crippen LogP contribution in [0.2, 0.25) is 0 Å². The predicted octanol–water partition coefficient (Wildman–Crippen LogP) is 7.17. The van der Waals surface area contributed by atoms with Crippen LogP contribution in [0.3, 0.4) is 0 Å². The fourth-order valence-electron chi connectivity index (χ4n) is 4.63. The van der Waals surface area contributed by atoms with E-state index in [1.54, 1.807) is 16.9 Å². The highest BCUT2D eigenvalue weighted by molar-refractivity contribution is 5.81. The van der Waals surface area contributed by atoms with Crippen LogP contribution in [0.4, 0.5) is 4.39 Å². The van der Waals surface area contributed by atoms with Crippen molar-refractivity contribution >= 4 is 0 Å². The molecular formula is C33H28FN5O2. The normalized spacial score (nSPS) is 11.0. The molecular weight excluding hydrogens is 517 g/mol. The summed E-state index contributed by atoms with van der Waals surface area (Å²) in [5, 5.41) is 8.35. The molecule has 2 heterocycles. The van der Waals surface area contributed by atoms with E-state index >= 15 is 0 Å². The number of aromatic nitrogens is 5. The Balaban J connectivity index is 1.24. The molecule has 0 saturated carbocycles. The highest BCUT2D eigenvalue weighted by Crippen LogP contribution is 2.36. The number of H-pyrrole nitrogens is 1. The van der Waals surface area contributed by atoms with Crippen LogP contribution in [0.5, 0.6) is 11.5 Å². The number of aromatic amines is 1. The van der Waals surface area contributed by atoms with E-state index in [-0.39, 0.29) is 12.4 Å². The van der Waals surface area contributed by atoms with E-state index in [0.29, 0.717) is 30.3 Å². The zero-order valence-corrected chi connectivity index (χ0v) is 22.5. The van der Waals surface area contributed by atoms with Crippen LogP contribution in [-0.4, -0.2) is 31.6 Å². The summed E-state index contributed by atoms with van der Waals surface area (Å²) in [7, 11) is 0. The Morgan fingerprint density at radius 3 is 2.32 bits per heavy atom. The summed E-state index contributed by atoms with van der Waals surface area (Å²) in [5.74, 6) is 1.65. The number of ether oxygens (including phenoxy) is 2. The molecule has 0 unspecified atom stereocenters. The van der Waals surface area contributed by atoms with Crippen molar-refractivity contribution < 1.29 is 13.9 Å². The molecule has 7 nitrogen and oxygen atoms in total. The Morgan fingerprint density at radius 1 is 0.780 bits per heavy atom. The Morgan fingerprint density at radius 2 is 1.56 bits per heavy atom. The fraction of sp³-hybridized carbons (Fsp3) is 0.121. The molecule has 0 aliphatic carbocycles. The van der Waals surface area contributed by atoms with Crippen LogP contribution in [0, 0.1) is 5.82 Å². The van der Waals surface area contributed by atoms with Crippen LogP contribution in [0.1, 0.15) is 18.2 Å². The summed E-state index contributed by atoms with van der Waals surface area (Å²) in [6, 6.07) is 32.5. The molecule has 0 atom stereocenters. The van der Waals surface area contributed by atoms with Gasteiger partial charge in [0.2, 0.25) is 0 Å². The summed E-state index contributed by atoms with van der Waals surface area (Å²) in [4.78, 5) is 8.53. The van der Waals surface area contributed by atoms with E-state index in [2.05, 4.69) is 39.6 Å². The largest absolute Gasteiger partial charge is 0.490 e. The topological polar surface area (TPSA) is 77.9 Å². The van der Waals surface area contributed by atoms with Gasteiger partial charge >= 0.3 is 0 Å². The van der Waals surface area contributed by atoms with E-state index in [1.165, 1.54) is 12.1 Å². The number of nitrogens with one attached hydrogen (secondary N) is 1. The van der Waals surface area contributed by atoms with Crippen molar-refractivity contribution in [1.29, 1.82) is 0 Å². The summed E-state index contributed by atoms with van der Waals surface area (Å²) in [6.07, 6.45) is 1.79.